The van der Waals surface area contributed by atoms with Crippen molar-refractivity contribution in [3.63, 3.8) is 0 Å². The van der Waals surface area contributed by atoms with Gasteiger partial charge in [-0.2, -0.15) is 26.3 Å². The van der Waals surface area contributed by atoms with Gasteiger partial charge in [0.2, 0.25) is 5.91 Å². The van der Waals surface area contributed by atoms with Crippen molar-refractivity contribution in [2.45, 2.75) is 68.0 Å². The number of carbonyl (C=O) groups is 2. The van der Waals surface area contributed by atoms with Gasteiger partial charge in [-0.05, 0) is 105 Å². The lowest BCUT2D eigenvalue weighted by molar-refractivity contribution is -0.143. The average molecular weight is 914 g/mol. The minimum atomic E-state index is -5.11. The Balaban J connectivity index is 1.02. The van der Waals surface area contributed by atoms with Crippen molar-refractivity contribution in [2.24, 2.45) is 0 Å². The number of hydrogen-bond acceptors (Lipinski definition) is 7. The number of rotatable bonds is 13. The zero-order chi connectivity index (χ0) is 44.3. The summed E-state index contributed by atoms with van der Waals surface area (Å²) in [6.07, 6.45) is -5.99. The highest BCUT2D eigenvalue weighted by molar-refractivity contribution is 6.42. The third-order valence-electron chi connectivity index (χ3n) is 13.1. The number of likely N-dealkylation sites (tertiary alicyclic amines) is 1. The fraction of sp³-hybridized carbons (Fsp3) is 0.556. The van der Waals surface area contributed by atoms with Crippen LogP contribution in [0.15, 0.2) is 60.7 Å². The van der Waals surface area contributed by atoms with E-state index in [0.29, 0.717) is 56.7 Å². The van der Waals surface area contributed by atoms with E-state index in [9.17, 15) is 35.9 Å². The van der Waals surface area contributed by atoms with Gasteiger partial charge in [-0.15, -0.1) is 0 Å². The highest BCUT2D eigenvalue weighted by Crippen LogP contribution is 2.48. The van der Waals surface area contributed by atoms with Crippen molar-refractivity contribution < 1.29 is 50.1 Å². The van der Waals surface area contributed by atoms with Gasteiger partial charge in [-0.3, -0.25) is 14.5 Å². The van der Waals surface area contributed by atoms with Crippen LogP contribution in [0.5, 0.6) is 0 Å². The van der Waals surface area contributed by atoms with Gasteiger partial charge < -0.3 is 28.9 Å². The zero-order valence-electron chi connectivity index (χ0n) is 34.6. The van der Waals surface area contributed by atoms with Crippen molar-refractivity contribution >= 4 is 35.0 Å². The Hall–Kier alpha value is -3.44. The first kappa shape index (κ1) is 46.5. The molecule has 3 heterocycles. The molecule has 17 heteroatoms. The first-order valence-corrected chi connectivity index (χ1v) is 21.9. The van der Waals surface area contributed by atoms with E-state index in [4.69, 9.17) is 37.4 Å². The predicted octanol–water partition coefficient (Wildman–Crippen LogP) is 8.33. The Morgan fingerprint density at radius 3 is 2.18 bits per heavy atom. The molecule has 2 amide bonds. The van der Waals surface area contributed by atoms with Gasteiger partial charge in [0.05, 0.1) is 53.6 Å². The summed E-state index contributed by atoms with van der Waals surface area (Å²) in [5.41, 5.74) is -2.37. The van der Waals surface area contributed by atoms with Gasteiger partial charge in [0, 0.05) is 50.7 Å². The summed E-state index contributed by atoms with van der Waals surface area (Å²) in [5, 5.41) is 0.503. The molecule has 3 aromatic rings. The van der Waals surface area contributed by atoms with Crippen LogP contribution in [0, 0.1) is 0 Å². The van der Waals surface area contributed by atoms with Crippen LogP contribution in [-0.4, -0.2) is 130 Å². The van der Waals surface area contributed by atoms with E-state index >= 15 is 0 Å². The molecular weight excluding hydrogens is 861 g/mol. The van der Waals surface area contributed by atoms with Crippen molar-refractivity contribution in [3.05, 3.63) is 104 Å². The third-order valence-corrected chi connectivity index (χ3v) is 13.8. The van der Waals surface area contributed by atoms with E-state index in [2.05, 4.69) is 21.9 Å². The van der Waals surface area contributed by atoms with Crippen molar-refractivity contribution in [1.29, 1.82) is 0 Å². The number of nitrogens with zero attached hydrogens (tertiary/aromatic N) is 4. The van der Waals surface area contributed by atoms with Crippen molar-refractivity contribution in [1.82, 2.24) is 19.6 Å². The van der Waals surface area contributed by atoms with Gasteiger partial charge in [-0.25, -0.2) is 0 Å². The second-order valence-electron chi connectivity index (χ2n) is 16.9. The maximum atomic E-state index is 13.9. The van der Waals surface area contributed by atoms with Gasteiger partial charge in [0.15, 0.2) is 0 Å². The molecule has 3 saturated heterocycles. The fourth-order valence-electron chi connectivity index (χ4n) is 9.46. The van der Waals surface area contributed by atoms with E-state index in [0.717, 1.165) is 58.5 Å². The molecule has 0 radical (unpaired) electrons. The highest BCUT2D eigenvalue weighted by atomic mass is 35.5. The van der Waals surface area contributed by atoms with Crippen molar-refractivity contribution in [3.8, 4) is 0 Å². The molecule has 1 aliphatic carbocycles. The summed E-state index contributed by atoms with van der Waals surface area (Å²) in [4.78, 5) is 34.8. The molecule has 0 aromatic heterocycles. The highest BCUT2D eigenvalue weighted by Gasteiger charge is 2.50. The third kappa shape index (κ3) is 10.6. The number of alkyl halides is 6. The van der Waals surface area contributed by atoms with Gasteiger partial charge in [0.1, 0.15) is 12.2 Å². The molecule has 3 aliphatic heterocycles. The molecule has 62 heavy (non-hydrogen) atoms. The van der Waals surface area contributed by atoms with Gasteiger partial charge >= 0.3 is 12.4 Å². The second kappa shape index (κ2) is 19.3. The first-order valence-electron chi connectivity index (χ1n) is 21.1. The minimum absolute atomic E-state index is 0.00606. The lowest BCUT2D eigenvalue weighted by atomic mass is 9.72. The molecule has 0 bridgehead atoms. The quantitative estimate of drug-likeness (QED) is 0.126. The van der Waals surface area contributed by atoms with Crippen LogP contribution < -0.4 is 0 Å². The average Bonchev–Trinajstić information content (AvgIpc) is 3.56. The smallest absolute Gasteiger partial charge is 0.379 e. The summed E-state index contributed by atoms with van der Waals surface area (Å²) >= 11 is 12.7. The number of amides is 2. The lowest BCUT2D eigenvalue weighted by Crippen LogP contribution is -2.54. The largest absolute Gasteiger partial charge is 0.416 e. The van der Waals surface area contributed by atoms with E-state index in [1.807, 2.05) is 19.2 Å². The maximum absolute atomic E-state index is 13.9. The van der Waals surface area contributed by atoms with Crippen LogP contribution in [0.3, 0.4) is 0 Å². The van der Waals surface area contributed by atoms with Crippen LogP contribution in [-0.2, 0) is 48.8 Å². The number of likely N-dealkylation sites (N-methyl/N-ethyl adjacent to an activating group) is 1. The Labute approximate surface area is 368 Å². The lowest BCUT2D eigenvalue weighted by Gasteiger charge is -2.46. The summed E-state index contributed by atoms with van der Waals surface area (Å²) < 4.78 is 101. The van der Waals surface area contributed by atoms with Crippen LogP contribution in [0.4, 0.5) is 26.3 Å². The molecular formula is C45H52Cl2F6N4O5. The fourth-order valence-corrected chi connectivity index (χ4v) is 9.76. The zero-order valence-corrected chi connectivity index (χ0v) is 36.2. The summed E-state index contributed by atoms with van der Waals surface area (Å²) in [7, 11) is 1.82. The molecule has 0 saturated carbocycles. The number of ether oxygens (including phenoxy) is 3. The van der Waals surface area contributed by atoms with E-state index in [-0.39, 0.29) is 59.8 Å². The van der Waals surface area contributed by atoms with Crippen LogP contribution in [0.2, 0.25) is 10.0 Å². The summed E-state index contributed by atoms with van der Waals surface area (Å²) in [6.45, 7) is 6.63. The number of halogens is 8. The number of carbonyl (C=O) groups excluding carboxylic acids is 2. The Kier molecular flexibility index (Phi) is 14.5. The normalized spacial score (nSPS) is 22.2. The standard InChI is InChI=1S/C45H52Cl2F6N4O5/c1-54(13-4-5-14-55-18-21-60-22-19-55)40(58)29-61-39-26-31-6-2-3-7-36(31)42(39)10-15-56(16-11-42)17-12-43(33-8-9-37(46)38(47)28-33)30-57(20-23-62-43)41(59)32-24-34(44(48,49)50)27-35(25-32)45(51,52)53/h2-3,6-9,24-25,27-28,39H,4-5,10-23,26,29-30H2,1H3/t39-,43-/m0/s1. The van der Waals surface area contributed by atoms with Gasteiger partial charge in [0.25, 0.3) is 5.91 Å². The second-order valence-corrected chi connectivity index (χ2v) is 17.7. The topological polar surface area (TPSA) is 74.8 Å². The molecule has 0 N–H and O–H groups in total. The summed E-state index contributed by atoms with van der Waals surface area (Å²) in [6, 6.07) is 14.2. The molecule has 2 atom stereocenters. The molecule has 0 unspecified atom stereocenters. The van der Waals surface area contributed by atoms with E-state index in [1.165, 1.54) is 16.0 Å². The Morgan fingerprint density at radius 1 is 0.823 bits per heavy atom. The Bertz CT molecular complexity index is 2030. The van der Waals surface area contributed by atoms with Crippen LogP contribution in [0.25, 0.3) is 0 Å². The van der Waals surface area contributed by atoms with Crippen molar-refractivity contribution in [2.75, 3.05) is 92.4 Å². The molecule has 338 valence electrons. The monoisotopic (exact) mass is 912 g/mol. The Morgan fingerprint density at radius 2 is 1.50 bits per heavy atom. The summed E-state index contributed by atoms with van der Waals surface area (Å²) in [5.74, 6) is -1.03. The van der Waals surface area contributed by atoms with E-state index in [1.54, 1.807) is 23.1 Å². The van der Waals surface area contributed by atoms with Crippen LogP contribution >= 0.6 is 23.2 Å². The van der Waals surface area contributed by atoms with Gasteiger partial charge in [-0.1, -0.05) is 53.5 Å². The number of benzene rings is 3. The van der Waals surface area contributed by atoms with E-state index < -0.39 is 40.6 Å². The number of morpholine rings is 2. The maximum Gasteiger partial charge on any atom is 0.416 e. The van der Waals surface area contributed by atoms with Crippen LogP contribution in [0.1, 0.15) is 70.3 Å². The SMILES string of the molecule is CN(CCCCN1CCOCC1)C(=O)CO[C@H]1Cc2ccccc2C12CCN(CC[C@@]1(c3ccc(Cl)c(Cl)c3)CN(C(=O)c3cc(C(F)(F)F)cc(C(F)(F)F)c3)CCO1)CC2. The molecule has 7 rings (SSSR count). The number of piperidine rings is 1. The minimum Gasteiger partial charge on any atom is -0.379 e. The number of hydrogen-bond donors (Lipinski definition) is 0. The molecule has 3 fully saturated rings. The molecule has 9 nitrogen and oxygen atoms in total. The first-order chi connectivity index (χ1) is 29.5. The number of unbranched alkanes of at least 4 members (excludes halogenated alkanes) is 1. The predicted molar refractivity (Wildman–Crippen MR) is 222 cm³/mol. The number of fused-ring (bicyclic) bond motifs is 2. The molecule has 1 spiro atoms. The molecule has 4 aliphatic rings. The molecule has 3 aromatic carbocycles.